The van der Waals surface area contributed by atoms with Crippen molar-refractivity contribution in [1.29, 1.82) is 0 Å². The van der Waals surface area contributed by atoms with Crippen LogP contribution in [0.15, 0.2) is 39.0 Å². The number of H-pyrrole nitrogens is 1. The molecule has 0 unspecified atom stereocenters. The zero-order chi connectivity index (χ0) is 19.6. The molecule has 2 heterocycles. The number of hydrazone groups is 1. The van der Waals surface area contributed by atoms with E-state index in [-0.39, 0.29) is 11.3 Å². The average molecular weight is 382 g/mol. The van der Waals surface area contributed by atoms with E-state index in [4.69, 9.17) is 0 Å². The predicted molar refractivity (Wildman–Crippen MR) is 92.3 cm³/mol. The molecule has 0 bridgehead atoms. The molecular weight excluding hydrogens is 365 g/mol. The third kappa shape index (κ3) is 4.04. The minimum Gasteiger partial charge on any atom is -0.493 e. The summed E-state index contributed by atoms with van der Waals surface area (Å²) in [5.74, 6) is -0.774. The van der Waals surface area contributed by atoms with Crippen molar-refractivity contribution in [2.24, 2.45) is 5.10 Å². The molecule has 0 spiro atoms. The summed E-state index contributed by atoms with van der Waals surface area (Å²) >= 11 is 0. The number of piperidine rings is 1. The van der Waals surface area contributed by atoms with E-state index in [1.807, 2.05) is 4.98 Å². The first-order valence-corrected chi connectivity index (χ1v) is 8.32. The maximum absolute atomic E-state index is 12.9. The topological polar surface area (TPSA) is 90.7 Å². The molecule has 144 valence electrons. The van der Waals surface area contributed by atoms with Crippen LogP contribution in [0.3, 0.4) is 0 Å². The van der Waals surface area contributed by atoms with Crippen molar-refractivity contribution in [2.75, 3.05) is 13.1 Å². The molecule has 0 atom stereocenters. The van der Waals surface area contributed by atoms with Crippen LogP contribution in [0.5, 0.6) is 5.88 Å². The van der Waals surface area contributed by atoms with Gasteiger partial charge in [-0.25, -0.2) is 9.36 Å². The van der Waals surface area contributed by atoms with Gasteiger partial charge in [0.25, 0.3) is 5.56 Å². The second-order valence-corrected chi connectivity index (χ2v) is 6.14. The lowest BCUT2D eigenvalue weighted by atomic mass is 10.2. The Kier molecular flexibility index (Phi) is 5.06. The van der Waals surface area contributed by atoms with Crippen LogP contribution in [0.2, 0.25) is 0 Å². The van der Waals surface area contributed by atoms with Crippen LogP contribution in [-0.2, 0) is 6.18 Å². The van der Waals surface area contributed by atoms with Crippen LogP contribution in [-0.4, -0.2) is 39.0 Å². The molecule has 1 aromatic heterocycles. The summed E-state index contributed by atoms with van der Waals surface area (Å²) in [5, 5.41) is 16.2. The highest BCUT2D eigenvalue weighted by Crippen LogP contribution is 2.30. The fourth-order valence-electron chi connectivity index (χ4n) is 2.85. The largest absolute Gasteiger partial charge is 0.493 e. The van der Waals surface area contributed by atoms with Crippen LogP contribution in [0.25, 0.3) is 5.69 Å². The van der Waals surface area contributed by atoms with Crippen LogP contribution >= 0.6 is 0 Å². The van der Waals surface area contributed by atoms with E-state index in [9.17, 15) is 27.9 Å². The molecule has 3 rings (SSSR count). The normalized spacial score (nSPS) is 15.4. The van der Waals surface area contributed by atoms with Gasteiger partial charge < -0.3 is 5.11 Å². The number of nitrogens with zero attached hydrogens (tertiary/aromatic N) is 3. The first-order chi connectivity index (χ1) is 12.8. The highest BCUT2D eigenvalue weighted by molar-refractivity contribution is 5.82. The number of halogens is 3. The quantitative estimate of drug-likeness (QED) is 0.796. The molecular formula is C17H17F3N4O3. The number of rotatable bonds is 3. The zero-order valence-electron chi connectivity index (χ0n) is 14.2. The first kappa shape index (κ1) is 18.7. The van der Waals surface area contributed by atoms with Gasteiger partial charge in [-0.1, -0.05) is 6.07 Å². The van der Waals surface area contributed by atoms with E-state index >= 15 is 0 Å². The van der Waals surface area contributed by atoms with Gasteiger partial charge in [-0.05, 0) is 37.5 Å². The summed E-state index contributed by atoms with van der Waals surface area (Å²) < 4.78 is 39.4. The maximum atomic E-state index is 12.9. The van der Waals surface area contributed by atoms with E-state index in [1.165, 1.54) is 6.07 Å². The van der Waals surface area contributed by atoms with Crippen LogP contribution < -0.4 is 11.2 Å². The van der Waals surface area contributed by atoms with Crippen LogP contribution in [0, 0.1) is 0 Å². The Morgan fingerprint density at radius 3 is 2.52 bits per heavy atom. The van der Waals surface area contributed by atoms with E-state index in [0.717, 1.165) is 37.6 Å². The van der Waals surface area contributed by atoms with Crippen molar-refractivity contribution < 1.29 is 18.3 Å². The lowest BCUT2D eigenvalue weighted by molar-refractivity contribution is -0.137. The van der Waals surface area contributed by atoms with E-state index in [0.29, 0.717) is 23.7 Å². The number of aromatic amines is 1. The molecule has 1 aliphatic rings. The van der Waals surface area contributed by atoms with Gasteiger partial charge in [0.2, 0.25) is 5.88 Å². The molecule has 1 aliphatic heterocycles. The monoisotopic (exact) mass is 382 g/mol. The van der Waals surface area contributed by atoms with E-state index < -0.39 is 28.9 Å². The predicted octanol–water partition coefficient (Wildman–Crippen LogP) is 2.07. The van der Waals surface area contributed by atoms with Crippen molar-refractivity contribution >= 4 is 6.21 Å². The third-order valence-electron chi connectivity index (χ3n) is 4.24. The lowest BCUT2D eigenvalue weighted by Gasteiger charge is -2.23. The van der Waals surface area contributed by atoms with Gasteiger partial charge in [0, 0.05) is 13.1 Å². The second-order valence-electron chi connectivity index (χ2n) is 6.14. The third-order valence-corrected chi connectivity index (χ3v) is 4.24. The summed E-state index contributed by atoms with van der Waals surface area (Å²) in [7, 11) is 0. The van der Waals surface area contributed by atoms with Gasteiger partial charge in [-0.3, -0.25) is 14.8 Å². The van der Waals surface area contributed by atoms with Gasteiger partial charge in [0.15, 0.2) is 0 Å². The van der Waals surface area contributed by atoms with Gasteiger partial charge in [-0.15, -0.1) is 0 Å². The minimum atomic E-state index is -4.62. The first-order valence-electron chi connectivity index (χ1n) is 8.32. The van der Waals surface area contributed by atoms with Gasteiger partial charge in [-0.2, -0.15) is 18.3 Å². The molecule has 2 aromatic rings. The second kappa shape index (κ2) is 7.29. The minimum absolute atomic E-state index is 0.226. The van der Waals surface area contributed by atoms with Gasteiger partial charge >= 0.3 is 11.9 Å². The Morgan fingerprint density at radius 1 is 1.15 bits per heavy atom. The molecule has 7 nitrogen and oxygen atoms in total. The molecule has 2 N–H and O–H groups in total. The van der Waals surface area contributed by atoms with E-state index in [2.05, 4.69) is 5.10 Å². The van der Waals surface area contributed by atoms with Crippen LogP contribution in [0.4, 0.5) is 13.2 Å². The highest BCUT2D eigenvalue weighted by atomic mass is 19.4. The molecule has 0 aliphatic carbocycles. The Balaban J connectivity index is 2.06. The highest BCUT2D eigenvalue weighted by Gasteiger charge is 2.31. The number of hydrogen-bond acceptors (Lipinski definition) is 5. The van der Waals surface area contributed by atoms with Crippen molar-refractivity contribution in [3.05, 3.63) is 56.2 Å². The number of hydrogen-bond donors (Lipinski definition) is 2. The molecule has 1 saturated heterocycles. The van der Waals surface area contributed by atoms with E-state index in [1.54, 1.807) is 5.01 Å². The molecule has 0 amide bonds. The lowest BCUT2D eigenvalue weighted by Crippen LogP contribution is -2.32. The number of nitrogens with one attached hydrogen (secondary N) is 1. The molecule has 27 heavy (non-hydrogen) atoms. The molecule has 1 fully saturated rings. The van der Waals surface area contributed by atoms with Crippen molar-refractivity contribution in [2.45, 2.75) is 25.4 Å². The summed E-state index contributed by atoms with van der Waals surface area (Å²) in [4.78, 5) is 26.1. The van der Waals surface area contributed by atoms with Gasteiger partial charge in [0.05, 0.1) is 17.5 Å². The Bertz CT molecular complexity index is 973. The number of aromatic nitrogens is 2. The summed E-state index contributed by atoms with van der Waals surface area (Å²) in [6.07, 6.45) is -0.524. The van der Waals surface area contributed by atoms with Crippen LogP contribution in [0.1, 0.15) is 30.4 Å². The Morgan fingerprint density at radius 2 is 1.85 bits per heavy atom. The smallest absolute Gasteiger partial charge is 0.416 e. The molecule has 10 heteroatoms. The average Bonchev–Trinajstić information content (AvgIpc) is 2.61. The summed E-state index contributed by atoms with van der Waals surface area (Å²) in [5.41, 5.74) is -3.44. The fourth-order valence-corrected chi connectivity index (χ4v) is 2.85. The number of benzene rings is 1. The van der Waals surface area contributed by atoms with Crippen molar-refractivity contribution in [3.63, 3.8) is 0 Å². The number of aromatic hydroxyl groups is 1. The Hall–Kier alpha value is -3.04. The SMILES string of the molecule is O=c1[nH]c(=O)n(-c2cccc(C(F)(F)F)c2)c(O)c1C=NN1CCCCC1. The summed E-state index contributed by atoms with van der Waals surface area (Å²) in [6, 6.07) is 3.89. The fraction of sp³-hybridized carbons (Fsp3) is 0.353. The standard InChI is InChI=1S/C17H17F3N4O3/c18-17(19,20)11-5-4-6-12(9-11)24-15(26)13(14(25)22-16(24)27)10-21-23-7-2-1-3-8-23/h4-6,9-10,26H,1-3,7-8H2,(H,22,25,27). The molecule has 1 aromatic carbocycles. The van der Waals surface area contributed by atoms with Crippen molar-refractivity contribution in [3.8, 4) is 11.6 Å². The van der Waals surface area contributed by atoms with Crippen molar-refractivity contribution in [1.82, 2.24) is 14.6 Å². The number of alkyl halides is 3. The molecule has 0 saturated carbocycles. The molecule has 0 radical (unpaired) electrons. The zero-order valence-corrected chi connectivity index (χ0v) is 14.2. The van der Waals surface area contributed by atoms with Gasteiger partial charge in [0.1, 0.15) is 5.56 Å². The Labute approximate surface area is 151 Å². The summed E-state index contributed by atoms with van der Waals surface area (Å²) in [6.45, 7) is 1.39. The maximum Gasteiger partial charge on any atom is 0.416 e.